The highest BCUT2D eigenvalue weighted by Gasteiger charge is 2.32. The van der Waals surface area contributed by atoms with Crippen molar-refractivity contribution in [1.82, 2.24) is 0 Å². The Bertz CT molecular complexity index is 343. The summed E-state index contributed by atoms with van der Waals surface area (Å²) in [6.45, 7) is 6.30. The first-order chi connectivity index (χ1) is 9.58. The topological polar surface area (TPSA) is 26.3 Å². The first-order valence-electron chi connectivity index (χ1n) is 8.16. The highest BCUT2D eigenvalue weighted by atomic mass is 16.6. The zero-order valence-electron chi connectivity index (χ0n) is 13.4. The van der Waals surface area contributed by atoms with Crippen LogP contribution in [0.4, 0.5) is 0 Å². The second kappa shape index (κ2) is 8.99. The molecule has 0 N–H and O–H groups in total. The second-order valence-electron chi connectivity index (χ2n) is 6.06. The summed E-state index contributed by atoms with van der Waals surface area (Å²) in [6, 6.07) is 0. The predicted octanol–water partition coefficient (Wildman–Crippen LogP) is 5.19. The largest absolute Gasteiger partial charge is 0.454 e. The predicted molar refractivity (Wildman–Crippen MR) is 84.6 cm³/mol. The van der Waals surface area contributed by atoms with Crippen molar-refractivity contribution in [3.8, 4) is 0 Å². The molecule has 0 spiro atoms. The summed E-state index contributed by atoms with van der Waals surface area (Å²) in [4.78, 5) is 11.9. The molecule has 0 saturated carbocycles. The number of ether oxygens (including phenoxy) is 1. The van der Waals surface area contributed by atoms with E-state index in [0.717, 1.165) is 12.8 Å². The first kappa shape index (κ1) is 17.0. The standard InChI is InChI=1S/C18H30O2/c1-4-5-6-7-8-9-10-14-17(19)20-18(3)15-12-11-13-16(18)2/h11-13,15-16H,4-10,14H2,1-3H3. The molecule has 20 heavy (non-hydrogen) atoms. The lowest BCUT2D eigenvalue weighted by Crippen LogP contribution is -2.36. The molecule has 0 amide bonds. The van der Waals surface area contributed by atoms with Gasteiger partial charge in [0.15, 0.2) is 0 Å². The van der Waals surface area contributed by atoms with E-state index in [-0.39, 0.29) is 11.9 Å². The van der Waals surface area contributed by atoms with Gasteiger partial charge >= 0.3 is 5.97 Å². The average Bonchev–Trinajstić information content (AvgIpc) is 2.41. The number of esters is 1. The maximum Gasteiger partial charge on any atom is 0.306 e. The maximum atomic E-state index is 11.9. The smallest absolute Gasteiger partial charge is 0.306 e. The maximum absolute atomic E-state index is 11.9. The first-order valence-corrected chi connectivity index (χ1v) is 8.16. The number of rotatable bonds is 9. The van der Waals surface area contributed by atoms with Gasteiger partial charge in [-0.3, -0.25) is 4.79 Å². The van der Waals surface area contributed by atoms with Crippen molar-refractivity contribution in [3.63, 3.8) is 0 Å². The molecule has 2 atom stereocenters. The summed E-state index contributed by atoms with van der Waals surface area (Å²) in [5.41, 5.74) is -0.465. The Kier molecular flexibility index (Phi) is 7.64. The number of carbonyl (C=O) groups is 1. The van der Waals surface area contributed by atoms with Crippen molar-refractivity contribution in [2.75, 3.05) is 0 Å². The van der Waals surface area contributed by atoms with E-state index in [2.05, 4.69) is 19.9 Å². The zero-order chi connectivity index (χ0) is 14.8. The minimum atomic E-state index is -0.465. The molecule has 2 nitrogen and oxygen atoms in total. The fourth-order valence-corrected chi connectivity index (χ4v) is 2.47. The van der Waals surface area contributed by atoms with Crippen molar-refractivity contribution < 1.29 is 9.53 Å². The van der Waals surface area contributed by atoms with Gasteiger partial charge in [0.2, 0.25) is 0 Å². The Labute approximate surface area is 124 Å². The van der Waals surface area contributed by atoms with Gasteiger partial charge in [-0.25, -0.2) is 0 Å². The average molecular weight is 278 g/mol. The molecule has 0 aromatic heterocycles. The molecule has 114 valence electrons. The Morgan fingerprint density at radius 1 is 1.10 bits per heavy atom. The van der Waals surface area contributed by atoms with Crippen molar-refractivity contribution in [3.05, 3.63) is 24.3 Å². The Hall–Kier alpha value is -1.05. The fraction of sp³-hybridized carbons (Fsp3) is 0.722. The summed E-state index contributed by atoms with van der Waals surface area (Å²) in [5, 5.41) is 0. The molecule has 1 rings (SSSR count). The van der Waals surface area contributed by atoms with Crippen LogP contribution in [0.1, 0.15) is 72.1 Å². The molecular formula is C18H30O2. The third-order valence-electron chi connectivity index (χ3n) is 4.16. The molecule has 0 radical (unpaired) electrons. The molecular weight excluding hydrogens is 248 g/mol. The number of unbranched alkanes of at least 4 members (excludes halogenated alkanes) is 6. The van der Waals surface area contributed by atoms with Gasteiger partial charge in [0.25, 0.3) is 0 Å². The summed E-state index contributed by atoms with van der Waals surface area (Å²) in [7, 11) is 0. The molecule has 0 aromatic carbocycles. The summed E-state index contributed by atoms with van der Waals surface area (Å²) < 4.78 is 5.66. The van der Waals surface area contributed by atoms with Crippen molar-refractivity contribution >= 4 is 5.97 Å². The Balaban J connectivity index is 2.14. The van der Waals surface area contributed by atoms with Crippen LogP contribution in [0, 0.1) is 5.92 Å². The van der Waals surface area contributed by atoms with Crippen LogP contribution in [0.3, 0.4) is 0 Å². The van der Waals surface area contributed by atoms with Crippen LogP contribution in [0.2, 0.25) is 0 Å². The van der Waals surface area contributed by atoms with E-state index in [0.29, 0.717) is 6.42 Å². The number of hydrogen-bond acceptors (Lipinski definition) is 2. The molecule has 0 heterocycles. The third kappa shape index (κ3) is 5.94. The van der Waals surface area contributed by atoms with E-state index < -0.39 is 5.60 Å². The van der Waals surface area contributed by atoms with E-state index in [1.54, 1.807) is 0 Å². The lowest BCUT2D eigenvalue weighted by atomic mass is 9.87. The molecule has 0 saturated heterocycles. The lowest BCUT2D eigenvalue weighted by Gasteiger charge is -2.32. The quantitative estimate of drug-likeness (QED) is 0.428. The van der Waals surface area contributed by atoms with E-state index in [1.807, 2.05) is 25.2 Å². The van der Waals surface area contributed by atoms with Crippen molar-refractivity contribution in [1.29, 1.82) is 0 Å². The van der Waals surface area contributed by atoms with Gasteiger partial charge in [0.1, 0.15) is 5.60 Å². The number of hydrogen-bond donors (Lipinski definition) is 0. The molecule has 1 aliphatic carbocycles. The van der Waals surface area contributed by atoms with Gasteiger partial charge in [-0.15, -0.1) is 0 Å². The normalized spacial score (nSPS) is 24.9. The fourth-order valence-electron chi connectivity index (χ4n) is 2.47. The molecule has 2 unspecified atom stereocenters. The minimum Gasteiger partial charge on any atom is -0.454 e. The molecule has 0 aromatic rings. The molecule has 0 fully saturated rings. The van der Waals surface area contributed by atoms with Crippen LogP contribution in [-0.2, 0) is 9.53 Å². The second-order valence-corrected chi connectivity index (χ2v) is 6.06. The number of allylic oxidation sites excluding steroid dienone is 2. The van der Waals surface area contributed by atoms with E-state index >= 15 is 0 Å². The van der Waals surface area contributed by atoms with E-state index in [1.165, 1.54) is 32.1 Å². The third-order valence-corrected chi connectivity index (χ3v) is 4.16. The molecule has 0 bridgehead atoms. The Morgan fingerprint density at radius 2 is 1.75 bits per heavy atom. The van der Waals surface area contributed by atoms with Crippen LogP contribution >= 0.6 is 0 Å². The number of carbonyl (C=O) groups excluding carboxylic acids is 1. The van der Waals surface area contributed by atoms with Crippen LogP contribution in [0.5, 0.6) is 0 Å². The van der Waals surface area contributed by atoms with Gasteiger partial charge < -0.3 is 4.74 Å². The van der Waals surface area contributed by atoms with Crippen LogP contribution in [-0.4, -0.2) is 11.6 Å². The van der Waals surface area contributed by atoms with Gasteiger partial charge in [-0.05, 0) is 19.4 Å². The van der Waals surface area contributed by atoms with Crippen molar-refractivity contribution in [2.45, 2.75) is 77.7 Å². The van der Waals surface area contributed by atoms with Crippen LogP contribution in [0.25, 0.3) is 0 Å². The minimum absolute atomic E-state index is 0.0622. The van der Waals surface area contributed by atoms with Crippen LogP contribution in [0.15, 0.2) is 24.3 Å². The molecule has 0 aliphatic heterocycles. The molecule has 2 heteroatoms. The molecule has 1 aliphatic rings. The summed E-state index contributed by atoms with van der Waals surface area (Å²) in [6.07, 6.45) is 17.2. The van der Waals surface area contributed by atoms with Crippen LogP contribution < -0.4 is 0 Å². The monoisotopic (exact) mass is 278 g/mol. The van der Waals surface area contributed by atoms with Gasteiger partial charge in [-0.1, -0.05) is 70.6 Å². The summed E-state index contributed by atoms with van der Waals surface area (Å²) in [5.74, 6) is 0.179. The summed E-state index contributed by atoms with van der Waals surface area (Å²) >= 11 is 0. The highest BCUT2D eigenvalue weighted by molar-refractivity contribution is 5.70. The van der Waals surface area contributed by atoms with E-state index in [9.17, 15) is 4.79 Å². The van der Waals surface area contributed by atoms with Gasteiger partial charge in [0.05, 0.1) is 0 Å². The van der Waals surface area contributed by atoms with E-state index in [4.69, 9.17) is 4.74 Å². The SMILES string of the molecule is CCCCCCCCCC(=O)OC1(C)C=CC=CC1C. The zero-order valence-corrected chi connectivity index (χ0v) is 13.4. The highest BCUT2D eigenvalue weighted by Crippen LogP contribution is 2.28. The van der Waals surface area contributed by atoms with Gasteiger partial charge in [-0.2, -0.15) is 0 Å². The van der Waals surface area contributed by atoms with Crippen molar-refractivity contribution in [2.24, 2.45) is 5.92 Å². The lowest BCUT2D eigenvalue weighted by molar-refractivity contribution is -0.156. The van der Waals surface area contributed by atoms with Gasteiger partial charge in [0, 0.05) is 12.3 Å². The Morgan fingerprint density at radius 3 is 2.40 bits per heavy atom.